The molecule has 3 rings (SSSR count). The lowest BCUT2D eigenvalue weighted by Gasteiger charge is -2.51. The fourth-order valence-electron chi connectivity index (χ4n) is 4.92. The van der Waals surface area contributed by atoms with Gasteiger partial charge in [-0.3, -0.25) is 4.79 Å². The van der Waals surface area contributed by atoms with E-state index >= 15 is 0 Å². The number of aldehydes is 1. The monoisotopic (exact) mass is 366 g/mol. The Bertz CT molecular complexity index is 731. The van der Waals surface area contributed by atoms with Crippen molar-refractivity contribution >= 4 is 18.3 Å². The van der Waals surface area contributed by atoms with Gasteiger partial charge in [-0.25, -0.2) is 4.79 Å². The molecular weight excluding hydrogens is 336 g/mol. The molecule has 0 saturated heterocycles. The van der Waals surface area contributed by atoms with Gasteiger partial charge in [0.2, 0.25) is 0 Å². The maximum Gasteiger partial charge on any atom is 0.331 e. The minimum Gasteiger partial charge on any atom is -0.458 e. The minimum atomic E-state index is -0.324. The number of ether oxygens (including phenoxy) is 1. The molecule has 0 aromatic heterocycles. The van der Waals surface area contributed by atoms with E-state index in [0.29, 0.717) is 5.92 Å². The van der Waals surface area contributed by atoms with E-state index in [4.69, 9.17) is 4.74 Å². The molecule has 27 heavy (non-hydrogen) atoms. The molecule has 0 heterocycles. The molecule has 3 heteroatoms. The lowest BCUT2D eigenvalue weighted by molar-refractivity contribution is -0.159. The standard InChI is InChI=1S/C24H30O3/c1-17(2)20-13-15-24(3)14-7-10-19(16-25)22(24)23(20)27-21(26)12-11-18-8-5-4-6-9-18/h4-6,8-12,16-17,20,22-23H,7,13-15H2,1-3H3. The van der Waals surface area contributed by atoms with Crippen LogP contribution in [0.1, 0.15) is 52.0 Å². The van der Waals surface area contributed by atoms with E-state index in [0.717, 1.165) is 43.1 Å². The van der Waals surface area contributed by atoms with Crippen LogP contribution in [0.4, 0.5) is 0 Å². The number of fused-ring (bicyclic) bond motifs is 1. The second-order valence-corrected chi connectivity index (χ2v) is 8.58. The molecule has 1 aromatic rings. The van der Waals surface area contributed by atoms with Gasteiger partial charge in [-0.15, -0.1) is 0 Å². The lowest BCUT2D eigenvalue weighted by atomic mass is 9.55. The van der Waals surface area contributed by atoms with E-state index in [1.807, 2.05) is 36.4 Å². The molecule has 4 atom stereocenters. The summed E-state index contributed by atoms with van der Waals surface area (Å²) in [4.78, 5) is 24.4. The zero-order chi connectivity index (χ0) is 19.4. The van der Waals surface area contributed by atoms with Gasteiger partial charge in [-0.2, -0.15) is 0 Å². The predicted octanol–water partition coefficient (Wildman–Crippen LogP) is 5.22. The molecule has 3 nitrogen and oxygen atoms in total. The van der Waals surface area contributed by atoms with E-state index in [2.05, 4.69) is 20.8 Å². The number of rotatable bonds is 5. The van der Waals surface area contributed by atoms with Crippen LogP contribution in [0, 0.1) is 23.2 Å². The zero-order valence-corrected chi connectivity index (χ0v) is 16.6. The van der Waals surface area contributed by atoms with Crippen molar-refractivity contribution in [1.82, 2.24) is 0 Å². The first-order chi connectivity index (χ1) is 12.9. The van der Waals surface area contributed by atoms with E-state index in [9.17, 15) is 9.59 Å². The predicted molar refractivity (Wildman–Crippen MR) is 108 cm³/mol. The third-order valence-electron chi connectivity index (χ3n) is 6.46. The van der Waals surface area contributed by atoms with Crippen LogP contribution < -0.4 is 0 Å². The highest BCUT2D eigenvalue weighted by Crippen LogP contribution is 2.54. The SMILES string of the molecule is CC(C)C1CCC2(C)CCC=C(C=O)C2C1OC(=O)C=Cc1ccccc1. The number of esters is 1. The summed E-state index contributed by atoms with van der Waals surface area (Å²) < 4.78 is 6.03. The summed E-state index contributed by atoms with van der Waals surface area (Å²) >= 11 is 0. The van der Waals surface area contributed by atoms with Crippen molar-refractivity contribution in [3.8, 4) is 0 Å². The number of hydrogen-bond donors (Lipinski definition) is 0. The van der Waals surface area contributed by atoms with Crippen LogP contribution in [0.5, 0.6) is 0 Å². The normalized spacial score (nSPS) is 30.7. The Morgan fingerprint density at radius 3 is 2.63 bits per heavy atom. The van der Waals surface area contributed by atoms with E-state index in [1.54, 1.807) is 6.08 Å². The Labute approximate surface area is 162 Å². The molecular formula is C24H30O3. The molecule has 0 aliphatic heterocycles. The first-order valence-electron chi connectivity index (χ1n) is 10.0. The smallest absolute Gasteiger partial charge is 0.331 e. The molecule has 2 aliphatic carbocycles. The maximum absolute atomic E-state index is 12.6. The first-order valence-corrected chi connectivity index (χ1v) is 10.0. The van der Waals surface area contributed by atoms with Crippen molar-refractivity contribution in [2.75, 3.05) is 0 Å². The van der Waals surface area contributed by atoms with Gasteiger partial charge in [0.15, 0.2) is 0 Å². The van der Waals surface area contributed by atoms with Gasteiger partial charge in [0.1, 0.15) is 12.4 Å². The zero-order valence-electron chi connectivity index (χ0n) is 16.6. The first kappa shape index (κ1) is 19.6. The van der Waals surface area contributed by atoms with E-state index < -0.39 is 0 Å². The van der Waals surface area contributed by atoms with Gasteiger partial charge in [0, 0.05) is 12.0 Å². The highest BCUT2D eigenvalue weighted by molar-refractivity contribution is 5.87. The van der Waals surface area contributed by atoms with Gasteiger partial charge >= 0.3 is 5.97 Å². The van der Waals surface area contributed by atoms with Crippen molar-refractivity contribution in [1.29, 1.82) is 0 Å². The number of benzene rings is 1. The second-order valence-electron chi connectivity index (χ2n) is 8.58. The Balaban J connectivity index is 1.84. The second kappa shape index (κ2) is 8.24. The number of hydrogen-bond acceptors (Lipinski definition) is 3. The molecule has 2 aliphatic rings. The summed E-state index contributed by atoms with van der Waals surface area (Å²) in [7, 11) is 0. The van der Waals surface area contributed by atoms with Crippen LogP contribution in [0.3, 0.4) is 0 Å². The summed E-state index contributed by atoms with van der Waals surface area (Å²) in [6.07, 6.45) is 10.2. The topological polar surface area (TPSA) is 43.4 Å². The third-order valence-corrected chi connectivity index (χ3v) is 6.46. The fourth-order valence-corrected chi connectivity index (χ4v) is 4.92. The molecule has 0 bridgehead atoms. The molecule has 1 aromatic carbocycles. The summed E-state index contributed by atoms with van der Waals surface area (Å²) in [6, 6.07) is 9.73. The Morgan fingerprint density at radius 1 is 1.22 bits per heavy atom. The van der Waals surface area contributed by atoms with Gasteiger partial charge < -0.3 is 4.74 Å². The van der Waals surface area contributed by atoms with Crippen LogP contribution in [0.2, 0.25) is 0 Å². The van der Waals surface area contributed by atoms with Crippen molar-refractivity contribution in [3.63, 3.8) is 0 Å². The lowest BCUT2D eigenvalue weighted by Crippen LogP contribution is -2.50. The average Bonchev–Trinajstić information content (AvgIpc) is 2.66. The highest BCUT2D eigenvalue weighted by atomic mass is 16.5. The fraction of sp³-hybridized carbons (Fsp3) is 0.500. The summed E-state index contributed by atoms with van der Waals surface area (Å²) in [5.74, 6) is 0.354. The maximum atomic E-state index is 12.6. The summed E-state index contributed by atoms with van der Waals surface area (Å²) in [5.41, 5.74) is 1.82. The minimum absolute atomic E-state index is 0.000949. The van der Waals surface area contributed by atoms with E-state index in [1.165, 1.54) is 6.08 Å². The largest absolute Gasteiger partial charge is 0.458 e. The molecule has 144 valence electrons. The molecule has 1 fully saturated rings. The van der Waals surface area contributed by atoms with Gasteiger partial charge in [0.05, 0.1) is 0 Å². The van der Waals surface area contributed by atoms with Gasteiger partial charge in [0.25, 0.3) is 0 Å². The van der Waals surface area contributed by atoms with Crippen molar-refractivity contribution in [2.24, 2.45) is 23.2 Å². The molecule has 0 N–H and O–H groups in total. The number of carbonyl (C=O) groups is 2. The molecule has 0 amide bonds. The highest BCUT2D eigenvalue weighted by Gasteiger charge is 2.51. The van der Waals surface area contributed by atoms with Gasteiger partial charge in [-0.05, 0) is 60.1 Å². The number of carbonyl (C=O) groups excluding carboxylic acids is 2. The van der Waals surface area contributed by atoms with Crippen molar-refractivity contribution < 1.29 is 14.3 Å². The summed E-state index contributed by atoms with van der Waals surface area (Å²) in [6.45, 7) is 6.62. The quantitative estimate of drug-likeness (QED) is 0.408. The van der Waals surface area contributed by atoms with Crippen molar-refractivity contribution in [2.45, 2.75) is 52.6 Å². The molecule has 4 unspecified atom stereocenters. The number of allylic oxidation sites excluding steroid dienone is 1. The van der Waals surface area contributed by atoms with Crippen LogP contribution in [0.25, 0.3) is 6.08 Å². The third kappa shape index (κ3) is 4.23. The van der Waals surface area contributed by atoms with E-state index in [-0.39, 0.29) is 29.3 Å². The Kier molecular flexibility index (Phi) is 5.98. The van der Waals surface area contributed by atoms with Crippen LogP contribution >= 0.6 is 0 Å². The molecule has 1 saturated carbocycles. The van der Waals surface area contributed by atoms with Gasteiger partial charge in [-0.1, -0.05) is 57.2 Å². The Morgan fingerprint density at radius 2 is 1.96 bits per heavy atom. The summed E-state index contributed by atoms with van der Waals surface area (Å²) in [5, 5.41) is 0. The average molecular weight is 367 g/mol. The van der Waals surface area contributed by atoms with Crippen LogP contribution in [-0.2, 0) is 14.3 Å². The van der Waals surface area contributed by atoms with Crippen molar-refractivity contribution in [3.05, 3.63) is 53.6 Å². The molecule has 0 spiro atoms. The van der Waals surface area contributed by atoms with Crippen LogP contribution in [0.15, 0.2) is 48.1 Å². The van der Waals surface area contributed by atoms with Crippen LogP contribution in [-0.4, -0.2) is 18.4 Å². The molecule has 0 radical (unpaired) electrons. The Hall–Kier alpha value is -2.16.